The van der Waals surface area contributed by atoms with Crippen molar-refractivity contribution in [2.75, 3.05) is 6.61 Å². The van der Waals surface area contributed by atoms with E-state index in [2.05, 4.69) is 0 Å². The summed E-state index contributed by atoms with van der Waals surface area (Å²) in [6, 6.07) is 7.58. The number of aldehydes is 1. The largest absolute Gasteiger partial charge is 0.487 e. The van der Waals surface area contributed by atoms with Gasteiger partial charge in [0.25, 0.3) is 0 Å². The number of carbonyl (C=O) groups excluding carboxylic acids is 1. The molecule has 0 spiro atoms. The molecule has 0 amide bonds. The minimum absolute atomic E-state index is 0.104. The lowest BCUT2D eigenvalue weighted by molar-refractivity contribution is -0.385. The zero-order valence-electron chi connectivity index (χ0n) is 10.2. The first-order chi connectivity index (χ1) is 9.15. The van der Waals surface area contributed by atoms with E-state index in [-0.39, 0.29) is 17.2 Å². The topological polar surface area (TPSA) is 82.6 Å². The molecule has 0 aliphatic carbocycles. The molecule has 0 unspecified atom stereocenters. The van der Waals surface area contributed by atoms with Crippen molar-refractivity contribution < 1.29 is 18.9 Å². The molecule has 0 aliphatic heterocycles. The first kappa shape index (κ1) is 12.8. The molecule has 2 rings (SSSR count). The molecule has 0 N–H and O–H groups in total. The minimum Gasteiger partial charge on any atom is -0.487 e. The molecule has 19 heavy (non-hydrogen) atoms. The maximum Gasteiger partial charge on any atom is 0.310 e. The van der Waals surface area contributed by atoms with Gasteiger partial charge in [0.2, 0.25) is 0 Å². The standard InChI is InChI=1S/C13H11NO5/c1-2-18-13-7-9(3-5-11(13)14(16)17)12-6-4-10(8-15)19-12/h3-8H,2H2,1H3. The molecule has 0 fully saturated rings. The number of nitro benzene ring substituents is 1. The van der Waals surface area contributed by atoms with Gasteiger partial charge in [-0.05, 0) is 31.2 Å². The Labute approximate surface area is 108 Å². The molecule has 6 heteroatoms. The van der Waals surface area contributed by atoms with Crippen LogP contribution in [0.2, 0.25) is 0 Å². The van der Waals surface area contributed by atoms with Crippen molar-refractivity contribution in [3.8, 4) is 17.1 Å². The Balaban J connectivity index is 2.44. The van der Waals surface area contributed by atoms with E-state index in [1.165, 1.54) is 18.2 Å². The van der Waals surface area contributed by atoms with Gasteiger partial charge in [0.1, 0.15) is 5.76 Å². The zero-order chi connectivity index (χ0) is 13.8. The second-order valence-electron chi connectivity index (χ2n) is 3.69. The predicted octanol–water partition coefficient (Wildman–Crippen LogP) is 3.07. The summed E-state index contributed by atoms with van der Waals surface area (Å²) in [7, 11) is 0. The molecule has 0 saturated carbocycles. The van der Waals surface area contributed by atoms with Crippen molar-refractivity contribution in [2.45, 2.75) is 6.92 Å². The first-order valence-electron chi connectivity index (χ1n) is 5.62. The van der Waals surface area contributed by atoms with Crippen LogP contribution in [0.5, 0.6) is 5.75 Å². The van der Waals surface area contributed by atoms with Crippen molar-refractivity contribution in [3.63, 3.8) is 0 Å². The zero-order valence-corrected chi connectivity index (χ0v) is 10.2. The van der Waals surface area contributed by atoms with Gasteiger partial charge in [-0.25, -0.2) is 0 Å². The molecule has 1 heterocycles. The van der Waals surface area contributed by atoms with Crippen LogP contribution in [0.1, 0.15) is 17.5 Å². The number of benzene rings is 1. The summed E-state index contributed by atoms with van der Waals surface area (Å²) < 4.78 is 10.5. The van der Waals surface area contributed by atoms with E-state index in [1.807, 2.05) is 0 Å². The van der Waals surface area contributed by atoms with Crippen LogP contribution in [0.15, 0.2) is 34.7 Å². The highest BCUT2D eigenvalue weighted by molar-refractivity contribution is 5.73. The molecule has 0 aliphatic rings. The Bertz CT molecular complexity index is 617. The molecule has 0 atom stereocenters. The van der Waals surface area contributed by atoms with E-state index in [0.29, 0.717) is 24.2 Å². The van der Waals surface area contributed by atoms with Crippen LogP contribution >= 0.6 is 0 Å². The van der Waals surface area contributed by atoms with E-state index in [4.69, 9.17) is 9.15 Å². The van der Waals surface area contributed by atoms with Gasteiger partial charge in [-0.15, -0.1) is 0 Å². The Morgan fingerprint density at radius 2 is 2.16 bits per heavy atom. The molecule has 0 saturated heterocycles. The predicted molar refractivity (Wildman–Crippen MR) is 67.4 cm³/mol. The molecular weight excluding hydrogens is 250 g/mol. The van der Waals surface area contributed by atoms with Gasteiger partial charge in [-0.3, -0.25) is 14.9 Å². The lowest BCUT2D eigenvalue weighted by atomic mass is 10.1. The van der Waals surface area contributed by atoms with Crippen LogP contribution in [-0.4, -0.2) is 17.8 Å². The number of nitro groups is 1. The second-order valence-corrected chi connectivity index (χ2v) is 3.69. The fraction of sp³-hybridized carbons (Fsp3) is 0.154. The molecule has 6 nitrogen and oxygen atoms in total. The van der Waals surface area contributed by atoms with Crippen molar-refractivity contribution in [1.29, 1.82) is 0 Å². The van der Waals surface area contributed by atoms with Crippen molar-refractivity contribution >= 4 is 12.0 Å². The van der Waals surface area contributed by atoms with E-state index >= 15 is 0 Å². The number of carbonyl (C=O) groups is 1. The van der Waals surface area contributed by atoms with Gasteiger partial charge in [0.05, 0.1) is 11.5 Å². The van der Waals surface area contributed by atoms with Gasteiger partial charge >= 0.3 is 5.69 Å². The summed E-state index contributed by atoms with van der Waals surface area (Å²) in [5, 5.41) is 10.9. The Morgan fingerprint density at radius 3 is 2.74 bits per heavy atom. The fourth-order valence-corrected chi connectivity index (χ4v) is 1.66. The second kappa shape index (κ2) is 5.34. The lowest BCUT2D eigenvalue weighted by Gasteiger charge is -2.05. The SMILES string of the molecule is CCOc1cc(-c2ccc(C=O)o2)ccc1[N+](=O)[O-]. The van der Waals surface area contributed by atoms with Gasteiger partial charge in [-0.1, -0.05) is 0 Å². The highest BCUT2D eigenvalue weighted by Crippen LogP contribution is 2.32. The Morgan fingerprint density at radius 1 is 1.37 bits per heavy atom. The third-order valence-electron chi connectivity index (χ3n) is 2.48. The maximum absolute atomic E-state index is 10.9. The quantitative estimate of drug-likeness (QED) is 0.469. The number of furan rings is 1. The highest BCUT2D eigenvalue weighted by atomic mass is 16.6. The third kappa shape index (κ3) is 2.62. The smallest absolute Gasteiger partial charge is 0.310 e. The van der Waals surface area contributed by atoms with E-state index < -0.39 is 4.92 Å². The average molecular weight is 261 g/mol. The van der Waals surface area contributed by atoms with Crippen LogP contribution in [0.3, 0.4) is 0 Å². The van der Waals surface area contributed by atoms with Gasteiger partial charge in [0, 0.05) is 11.6 Å². The summed E-state index contributed by atoms with van der Waals surface area (Å²) in [6.45, 7) is 2.07. The average Bonchev–Trinajstić information content (AvgIpc) is 2.87. The van der Waals surface area contributed by atoms with Gasteiger partial charge in [-0.2, -0.15) is 0 Å². The van der Waals surface area contributed by atoms with Crippen LogP contribution in [0, 0.1) is 10.1 Å². The normalized spacial score (nSPS) is 10.2. The van der Waals surface area contributed by atoms with E-state index in [9.17, 15) is 14.9 Å². The number of rotatable bonds is 5. The molecule has 0 bridgehead atoms. The number of nitrogens with zero attached hydrogens (tertiary/aromatic N) is 1. The van der Waals surface area contributed by atoms with Crippen molar-refractivity contribution in [2.24, 2.45) is 0 Å². The molecule has 0 radical (unpaired) electrons. The number of hydrogen-bond acceptors (Lipinski definition) is 5. The monoisotopic (exact) mass is 261 g/mol. The molecule has 2 aromatic rings. The summed E-state index contributed by atoms with van der Waals surface area (Å²) in [6.07, 6.45) is 0.596. The Kier molecular flexibility index (Phi) is 3.61. The van der Waals surface area contributed by atoms with Gasteiger partial charge in [0.15, 0.2) is 17.8 Å². The molecule has 1 aromatic carbocycles. The van der Waals surface area contributed by atoms with Crippen molar-refractivity contribution in [3.05, 3.63) is 46.2 Å². The van der Waals surface area contributed by atoms with Gasteiger partial charge < -0.3 is 9.15 Å². The van der Waals surface area contributed by atoms with E-state index in [0.717, 1.165) is 0 Å². The van der Waals surface area contributed by atoms with E-state index in [1.54, 1.807) is 19.1 Å². The highest BCUT2D eigenvalue weighted by Gasteiger charge is 2.17. The van der Waals surface area contributed by atoms with Crippen LogP contribution in [0.4, 0.5) is 5.69 Å². The first-order valence-corrected chi connectivity index (χ1v) is 5.62. The summed E-state index contributed by atoms with van der Waals surface area (Å²) in [5.41, 5.74) is 0.509. The number of hydrogen-bond donors (Lipinski definition) is 0. The number of ether oxygens (including phenoxy) is 1. The summed E-state index contributed by atoms with van der Waals surface area (Å²) in [4.78, 5) is 20.9. The van der Waals surface area contributed by atoms with Crippen LogP contribution in [0.25, 0.3) is 11.3 Å². The summed E-state index contributed by atoms with van der Waals surface area (Å²) in [5.74, 6) is 0.832. The minimum atomic E-state index is -0.506. The maximum atomic E-state index is 10.9. The molecule has 98 valence electrons. The molecular formula is C13H11NO5. The van der Waals surface area contributed by atoms with Crippen LogP contribution in [-0.2, 0) is 0 Å². The van der Waals surface area contributed by atoms with Crippen molar-refractivity contribution in [1.82, 2.24) is 0 Å². The summed E-state index contributed by atoms with van der Waals surface area (Å²) >= 11 is 0. The molecule has 1 aromatic heterocycles. The third-order valence-corrected chi connectivity index (χ3v) is 2.48. The Hall–Kier alpha value is -2.63. The fourth-order valence-electron chi connectivity index (χ4n) is 1.66. The lowest BCUT2D eigenvalue weighted by Crippen LogP contribution is -1.97. The van der Waals surface area contributed by atoms with Crippen LogP contribution < -0.4 is 4.74 Å².